The normalized spacial score (nSPS) is 34.9. The number of nitrogens with two attached hydrogens (primary N) is 2. The van der Waals surface area contributed by atoms with Crippen LogP contribution < -0.4 is 38.1 Å². The Bertz CT molecular complexity index is 700. The van der Waals surface area contributed by atoms with Crippen LogP contribution >= 0.6 is 0 Å². The van der Waals surface area contributed by atoms with E-state index in [2.05, 4.69) is 26.6 Å². The number of hydrogen-bond acceptors (Lipinski definition) is 9. The van der Waals surface area contributed by atoms with Gasteiger partial charge in [-0.05, 0) is 25.9 Å². The number of alkyl halides is 2. The fraction of sp³-hybridized carbons (Fsp3) is 0.905. The third-order valence-electron chi connectivity index (χ3n) is 7.32. The molecular formula is C21H38F2N8O3. The summed E-state index contributed by atoms with van der Waals surface area (Å²) in [6, 6.07) is -0.922. The van der Waals surface area contributed by atoms with Crippen molar-refractivity contribution in [1.82, 2.24) is 31.5 Å². The average Bonchev–Trinajstić information content (AvgIpc) is 2.78. The average molecular weight is 489 g/mol. The molecule has 0 aliphatic carbocycles. The van der Waals surface area contributed by atoms with E-state index in [-0.39, 0.29) is 37.5 Å². The van der Waals surface area contributed by atoms with Gasteiger partial charge in [0.25, 0.3) is 0 Å². The van der Waals surface area contributed by atoms with Crippen LogP contribution in [0.2, 0.25) is 0 Å². The quantitative estimate of drug-likeness (QED) is 0.183. The minimum atomic E-state index is -1.18. The van der Waals surface area contributed by atoms with Gasteiger partial charge in [-0.1, -0.05) is 0 Å². The molecule has 4 aliphatic rings. The Morgan fingerprint density at radius 1 is 1.00 bits per heavy atom. The van der Waals surface area contributed by atoms with Crippen molar-refractivity contribution in [3.05, 3.63) is 0 Å². The molecule has 0 aromatic heterocycles. The zero-order valence-corrected chi connectivity index (χ0v) is 19.3. The number of ether oxygens (including phenoxy) is 1. The van der Waals surface area contributed by atoms with E-state index < -0.39 is 48.6 Å². The number of amides is 2. The van der Waals surface area contributed by atoms with Gasteiger partial charge in [-0.25, -0.2) is 8.78 Å². The monoisotopic (exact) mass is 488 g/mol. The molecule has 2 amide bonds. The minimum Gasteiger partial charge on any atom is -0.377 e. The summed E-state index contributed by atoms with van der Waals surface area (Å²) in [6.45, 7) is 3.05. The van der Waals surface area contributed by atoms with Crippen LogP contribution in [0.25, 0.3) is 0 Å². The highest BCUT2D eigenvalue weighted by Crippen LogP contribution is 2.25. The van der Waals surface area contributed by atoms with E-state index in [9.17, 15) is 14.0 Å². The van der Waals surface area contributed by atoms with Crippen LogP contribution in [0, 0.1) is 11.8 Å². The zero-order valence-electron chi connectivity index (χ0n) is 19.3. The molecule has 34 heavy (non-hydrogen) atoms. The Morgan fingerprint density at radius 3 is 2.26 bits per heavy atom. The van der Waals surface area contributed by atoms with Crippen molar-refractivity contribution in [2.24, 2.45) is 23.3 Å². The number of piperidine rings is 2. The molecule has 13 heteroatoms. The summed E-state index contributed by atoms with van der Waals surface area (Å²) in [7, 11) is 0. The number of nitrogens with one attached hydrogen (secondary N) is 5. The maximum atomic E-state index is 15.1. The Morgan fingerprint density at radius 2 is 1.68 bits per heavy atom. The molecule has 0 aromatic rings. The van der Waals surface area contributed by atoms with E-state index in [1.807, 2.05) is 4.90 Å². The van der Waals surface area contributed by atoms with Crippen LogP contribution in [0.1, 0.15) is 12.8 Å². The molecule has 0 saturated carbocycles. The predicted octanol–water partition coefficient (Wildman–Crippen LogP) is -3.28. The third-order valence-corrected chi connectivity index (χ3v) is 7.32. The Labute approximate surface area is 198 Å². The van der Waals surface area contributed by atoms with Crippen LogP contribution in [0.3, 0.4) is 0 Å². The summed E-state index contributed by atoms with van der Waals surface area (Å²) in [6.07, 6.45) is -2.52. The molecule has 0 bridgehead atoms. The maximum Gasteiger partial charge on any atom is 0.229 e. The van der Waals surface area contributed by atoms with Crippen LogP contribution in [0.4, 0.5) is 8.78 Å². The first-order valence-electron chi connectivity index (χ1n) is 12.2. The van der Waals surface area contributed by atoms with Crippen molar-refractivity contribution in [3.8, 4) is 0 Å². The molecule has 4 fully saturated rings. The van der Waals surface area contributed by atoms with Gasteiger partial charge in [0.2, 0.25) is 11.8 Å². The van der Waals surface area contributed by atoms with E-state index in [1.54, 1.807) is 0 Å². The van der Waals surface area contributed by atoms with E-state index >= 15 is 4.39 Å². The number of carbonyl (C=O) groups excluding carboxylic acids is 2. The van der Waals surface area contributed by atoms with Gasteiger partial charge in [-0.3, -0.25) is 25.1 Å². The molecule has 4 aliphatic heterocycles. The molecule has 0 spiro atoms. The zero-order chi connectivity index (χ0) is 24.2. The smallest absolute Gasteiger partial charge is 0.229 e. The van der Waals surface area contributed by atoms with Crippen molar-refractivity contribution in [2.75, 3.05) is 52.5 Å². The summed E-state index contributed by atoms with van der Waals surface area (Å²) >= 11 is 0. The van der Waals surface area contributed by atoms with Crippen molar-refractivity contribution in [1.29, 1.82) is 0 Å². The topological polar surface area (TPSA) is 159 Å². The Hall–Kier alpha value is -1.48. The summed E-state index contributed by atoms with van der Waals surface area (Å²) in [4.78, 5) is 27.7. The number of rotatable bonds is 7. The number of likely N-dealkylation sites (tertiary alicyclic amines) is 1. The van der Waals surface area contributed by atoms with Crippen LogP contribution in [-0.2, 0) is 14.3 Å². The molecule has 9 N–H and O–H groups in total. The number of hydrogen-bond donors (Lipinski definition) is 7. The third kappa shape index (κ3) is 6.01. The van der Waals surface area contributed by atoms with Crippen molar-refractivity contribution in [2.45, 2.75) is 55.6 Å². The lowest BCUT2D eigenvalue weighted by molar-refractivity contribution is -0.131. The molecule has 4 unspecified atom stereocenters. The highest BCUT2D eigenvalue weighted by atomic mass is 19.1. The van der Waals surface area contributed by atoms with Gasteiger partial charge in [0.15, 0.2) is 0 Å². The number of nitrogens with zero attached hydrogens (tertiary/aromatic N) is 1. The summed E-state index contributed by atoms with van der Waals surface area (Å²) in [5.41, 5.74) is 11.8. The number of halogens is 2. The fourth-order valence-electron chi connectivity index (χ4n) is 5.32. The van der Waals surface area contributed by atoms with Crippen molar-refractivity contribution >= 4 is 11.8 Å². The second-order valence-corrected chi connectivity index (χ2v) is 9.83. The fourth-order valence-corrected chi connectivity index (χ4v) is 5.32. The minimum absolute atomic E-state index is 0.0303. The molecular weight excluding hydrogens is 450 g/mol. The van der Waals surface area contributed by atoms with Gasteiger partial charge in [0.05, 0.1) is 49.6 Å². The van der Waals surface area contributed by atoms with E-state index in [0.717, 1.165) is 0 Å². The first-order chi connectivity index (χ1) is 16.3. The standard InChI is InChI=1S/C21H38F2N8O3/c22-12-5-27-19(28-6-12)16(18(24)25)21(33)30-15-8-26-7-14(23)17(15)31-3-1-11(2-4-31)20(32)29-13-9-34-10-13/h11-19,26-28H,1-10,24-25H2,(H,29,32)(H,30,33). The summed E-state index contributed by atoms with van der Waals surface area (Å²) in [5.74, 6) is -1.33. The summed E-state index contributed by atoms with van der Waals surface area (Å²) < 4.78 is 33.7. The molecule has 4 atom stereocenters. The van der Waals surface area contributed by atoms with Crippen molar-refractivity contribution in [3.63, 3.8) is 0 Å². The highest BCUT2D eigenvalue weighted by Gasteiger charge is 2.43. The largest absolute Gasteiger partial charge is 0.377 e. The maximum absolute atomic E-state index is 15.1. The van der Waals surface area contributed by atoms with Crippen LogP contribution in [0.15, 0.2) is 0 Å². The Kier molecular flexibility index (Phi) is 8.66. The summed E-state index contributed by atoms with van der Waals surface area (Å²) in [5, 5.41) is 14.9. The van der Waals surface area contributed by atoms with E-state index in [0.29, 0.717) is 45.7 Å². The molecule has 4 heterocycles. The van der Waals surface area contributed by atoms with Gasteiger partial charge >= 0.3 is 0 Å². The molecule has 0 radical (unpaired) electrons. The second kappa shape index (κ2) is 11.5. The highest BCUT2D eigenvalue weighted by molar-refractivity contribution is 5.80. The van der Waals surface area contributed by atoms with E-state index in [4.69, 9.17) is 16.2 Å². The number of carbonyl (C=O) groups is 2. The van der Waals surface area contributed by atoms with Gasteiger partial charge in [-0.2, -0.15) is 0 Å². The Balaban J connectivity index is 1.35. The van der Waals surface area contributed by atoms with Gasteiger partial charge in [-0.15, -0.1) is 0 Å². The predicted molar refractivity (Wildman–Crippen MR) is 121 cm³/mol. The molecule has 194 valence electrons. The SMILES string of the molecule is NC(N)C(C(=O)NC1CNCC(F)C1N1CCC(C(=O)NC2COC2)CC1)C1NCC(F)CN1. The van der Waals surface area contributed by atoms with Gasteiger partial charge < -0.3 is 32.2 Å². The molecule has 11 nitrogen and oxygen atoms in total. The lowest BCUT2D eigenvalue weighted by Crippen LogP contribution is -2.69. The molecule has 4 rings (SSSR count). The van der Waals surface area contributed by atoms with Crippen LogP contribution in [0.5, 0.6) is 0 Å². The van der Waals surface area contributed by atoms with Gasteiger partial charge in [0.1, 0.15) is 12.3 Å². The van der Waals surface area contributed by atoms with Gasteiger partial charge in [0, 0.05) is 32.1 Å². The first kappa shape index (κ1) is 25.6. The van der Waals surface area contributed by atoms with Crippen LogP contribution in [-0.4, -0.2) is 112 Å². The van der Waals surface area contributed by atoms with E-state index in [1.165, 1.54) is 0 Å². The first-order valence-corrected chi connectivity index (χ1v) is 12.2. The lowest BCUT2D eigenvalue weighted by Gasteiger charge is -2.45. The molecule has 0 aromatic carbocycles. The second-order valence-electron chi connectivity index (χ2n) is 9.83. The molecule has 4 saturated heterocycles. The lowest BCUT2D eigenvalue weighted by atomic mass is 9.90. The van der Waals surface area contributed by atoms with Crippen molar-refractivity contribution < 1.29 is 23.1 Å².